The van der Waals surface area contributed by atoms with Gasteiger partial charge in [0.15, 0.2) is 5.82 Å². The van der Waals surface area contributed by atoms with Crippen molar-refractivity contribution >= 4 is 5.84 Å². The molecule has 7 nitrogen and oxygen atoms in total. The Labute approximate surface area is 123 Å². The van der Waals surface area contributed by atoms with Crippen molar-refractivity contribution < 1.29 is 5.21 Å². The average Bonchev–Trinajstić information content (AvgIpc) is 3.17. The third-order valence-electron chi connectivity index (χ3n) is 4.00. The Kier molecular flexibility index (Phi) is 3.89. The largest absolute Gasteiger partial charge is 0.409 e. The average molecular weight is 288 g/mol. The molecule has 2 aromatic rings. The maximum Gasteiger partial charge on any atom is 0.206 e. The van der Waals surface area contributed by atoms with Crippen LogP contribution >= 0.6 is 0 Å². The highest BCUT2D eigenvalue weighted by atomic mass is 16.4. The van der Waals surface area contributed by atoms with E-state index in [9.17, 15) is 0 Å². The number of hydrogen-bond acceptors (Lipinski definition) is 4. The Morgan fingerprint density at radius 1 is 1.33 bits per heavy atom. The molecule has 112 valence electrons. The molecular weight excluding hydrogens is 268 g/mol. The third kappa shape index (κ3) is 2.91. The molecule has 2 aromatic heterocycles. The van der Waals surface area contributed by atoms with Crippen molar-refractivity contribution in [3.8, 4) is 0 Å². The molecule has 1 saturated carbocycles. The molecule has 1 aliphatic carbocycles. The van der Waals surface area contributed by atoms with Crippen LogP contribution in [0.5, 0.6) is 0 Å². The third-order valence-corrected chi connectivity index (χ3v) is 4.00. The molecule has 0 aromatic carbocycles. The molecule has 0 atom stereocenters. The first-order valence-corrected chi connectivity index (χ1v) is 7.31. The highest BCUT2D eigenvalue weighted by Crippen LogP contribution is 2.27. The van der Waals surface area contributed by atoms with Crippen molar-refractivity contribution in [3.05, 3.63) is 36.2 Å². The number of oxime groups is 1. The van der Waals surface area contributed by atoms with Crippen LogP contribution in [0.25, 0.3) is 0 Å². The van der Waals surface area contributed by atoms with E-state index in [4.69, 9.17) is 10.9 Å². The summed E-state index contributed by atoms with van der Waals surface area (Å²) >= 11 is 0. The zero-order chi connectivity index (χ0) is 14.7. The summed E-state index contributed by atoms with van der Waals surface area (Å²) < 4.78 is 3.90. The van der Waals surface area contributed by atoms with Crippen LogP contribution in [0, 0.1) is 0 Å². The monoisotopic (exact) mass is 288 g/mol. The van der Waals surface area contributed by atoms with Gasteiger partial charge in [0.1, 0.15) is 0 Å². The molecule has 0 saturated heterocycles. The van der Waals surface area contributed by atoms with Gasteiger partial charge in [0.05, 0.1) is 18.3 Å². The van der Waals surface area contributed by atoms with E-state index < -0.39 is 0 Å². The van der Waals surface area contributed by atoms with Gasteiger partial charge in [-0.05, 0) is 18.9 Å². The van der Waals surface area contributed by atoms with Gasteiger partial charge in [-0.2, -0.15) is 5.10 Å². The Morgan fingerprint density at radius 3 is 2.90 bits per heavy atom. The minimum atomic E-state index is 0.00622. The van der Waals surface area contributed by atoms with Crippen molar-refractivity contribution in [2.45, 2.75) is 44.7 Å². The molecule has 0 amide bonds. The van der Waals surface area contributed by atoms with Gasteiger partial charge in [0.2, 0.25) is 5.84 Å². The molecule has 0 radical (unpaired) electrons. The highest BCUT2D eigenvalue weighted by molar-refractivity contribution is 5.93. The van der Waals surface area contributed by atoms with E-state index in [1.807, 2.05) is 16.8 Å². The fourth-order valence-corrected chi connectivity index (χ4v) is 2.90. The summed E-state index contributed by atoms with van der Waals surface area (Å²) in [7, 11) is 0. The zero-order valence-electron chi connectivity index (χ0n) is 11.9. The van der Waals surface area contributed by atoms with Gasteiger partial charge >= 0.3 is 0 Å². The van der Waals surface area contributed by atoms with E-state index in [0.717, 1.165) is 5.69 Å². The van der Waals surface area contributed by atoms with E-state index >= 15 is 0 Å². The molecule has 1 fully saturated rings. The molecule has 3 N–H and O–H groups in total. The predicted molar refractivity (Wildman–Crippen MR) is 78.2 cm³/mol. The molecule has 0 spiro atoms. The molecule has 7 heteroatoms. The smallest absolute Gasteiger partial charge is 0.206 e. The SMILES string of the molecule is N/C(=N/O)c1nccn1Cc1ccn(C2CCCCC2)n1. The van der Waals surface area contributed by atoms with Gasteiger partial charge in [0.25, 0.3) is 0 Å². The van der Waals surface area contributed by atoms with Crippen molar-refractivity contribution in [1.82, 2.24) is 19.3 Å². The number of nitrogens with zero attached hydrogens (tertiary/aromatic N) is 5. The number of nitrogens with two attached hydrogens (primary N) is 1. The van der Waals surface area contributed by atoms with Gasteiger partial charge in [-0.1, -0.05) is 24.4 Å². The topological polar surface area (TPSA) is 94.3 Å². The molecule has 0 bridgehead atoms. The quantitative estimate of drug-likeness (QED) is 0.388. The van der Waals surface area contributed by atoms with Crippen molar-refractivity contribution in [1.29, 1.82) is 0 Å². The number of aromatic nitrogens is 4. The number of rotatable bonds is 4. The summed E-state index contributed by atoms with van der Waals surface area (Å²) in [6, 6.07) is 2.55. The molecular formula is C14H20N6O. The number of amidine groups is 1. The maximum absolute atomic E-state index is 8.76. The second-order valence-corrected chi connectivity index (χ2v) is 5.44. The van der Waals surface area contributed by atoms with Gasteiger partial charge < -0.3 is 15.5 Å². The van der Waals surface area contributed by atoms with Gasteiger partial charge in [-0.15, -0.1) is 0 Å². The Balaban J connectivity index is 1.74. The minimum absolute atomic E-state index is 0.00622. The summed E-state index contributed by atoms with van der Waals surface area (Å²) in [6.45, 7) is 0.561. The molecule has 0 unspecified atom stereocenters. The molecule has 3 rings (SSSR count). The normalized spacial score (nSPS) is 17.2. The van der Waals surface area contributed by atoms with E-state index in [0.29, 0.717) is 18.4 Å². The van der Waals surface area contributed by atoms with E-state index in [-0.39, 0.29) is 5.84 Å². The van der Waals surface area contributed by atoms with E-state index in [1.54, 1.807) is 12.4 Å². The zero-order valence-corrected chi connectivity index (χ0v) is 11.9. The summed E-state index contributed by atoms with van der Waals surface area (Å²) in [6.07, 6.45) is 11.8. The Morgan fingerprint density at radius 2 is 2.14 bits per heavy atom. The van der Waals surface area contributed by atoms with Crippen LogP contribution in [0.4, 0.5) is 0 Å². The number of imidazole rings is 1. The number of hydrogen-bond donors (Lipinski definition) is 2. The summed E-state index contributed by atoms with van der Waals surface area (Å²) in [4.78, 5) is 4.09. The van der Waals surface area contributed by atoms with E-state index in [2.05, 4.69) is 19.9 Å². The lowest BCUT2D eigenvalue weighted by atomic mass is 9.96. The molecule has 2 heterocycles. The molecule has 21 heavy (non-hydrogen) atoms. The van der Waals surface area contributed by atoms with Crippen LogP contribution in [0.3, 0.4) is 0 Å². The van der Waals surface area contributed by atoms with Gasteiger partial charge in [0, 0.05) is 18.6 Å². The van der Waals surface area contributed by atoms with Crippen LogP contribution in [0.1, 0.15) is 49.7 Å². The summed E-state index contributed by atoms with van der Waals surface area (Å²) in [5, 5.41) is 16.4. The lowest BCUT2D eigenvalue weighted by Crippen LogP contribution is -2.20. The van der Waals surface area contributed by atoms with Crippen LogP contribution in [0.15, 0.2) is 29.8 Å². The first-order valence-electron chi connectivity index (χ1n) is 7.31. The first kappa shape index (κ1) is 13.7. The summed E-state index contributed by atoms with van der Waals surface area (Å²) in [5.41, 5.74) is 6.56. The maximum atomic E-state index is 8.76. The second kappa shape index (κ2) is 5.99. The van der Waals surface area contributed by atoms with Crippen LogP contribution in [-0.4, -0.2) is 30.4 Å². The fraction of sp³-hybridized carbons (Fsp3) is 0.500. The van der Waals surface area contributed by atoms with E-state index in [1.165, 1.54) is 32.1 Å². The van der Waals surface area contributed by atoms with Crippen LogP contribution < -0.4 is 5.73 Å². The standard InChI is InChI=1S/C14H20N6O/c15-13(18-21)14-16-7-9-19(14)10-11-6-8-20(17-11)12-4-2-1-3-5-12/h6-9,12,21H,1-5,10H2,(H2,15,18). The van der Waals surface area contributed by atoms with Crippen molar-refractivity contribution in [2.75, 3.05) is 0 Å². The van der Waals surface area contributed by atoms with Crippen LogP contribution in [-0.2, 0) is 6.54 Å². The lowest BCUT2D eigenvalue weighted by Gasteiger charge is -2.21. The minimum Gasteiger partial charge on any atom is -0.409 e. The first-order chi connectivity index (χ1) is 10.3. The second-order valence-electron chi connectivity index (χ2n) is 5.44. The fourth-order valence-electron chi connectivity index (χ4n) is 2.90. The molecule has 1 aliphatic rings. The van der Waals surface area contributed by atoms with Gasteiger partial charge in [-0.25, -0.2) is 4.98 Å². The predicted octanol–water partition coefficient (Wildman–Crippen LogP) is 1.73. The Hall–Kier alpha value is -2.31. The van der Waals surface area contributed by atoms with Gasteiger partial charge in [-0.3, -0.25) is 4.68 Å². The van der Waals surface area contributed by atoms with Crippen molar-refractivity contribution in [3.63, 3.8) is 0 Å². The summed E-state index contributed by atoms with van der Waals surface area (Å²) in [5.74, 6) is 0.455. The van der Waals surface area contributed by atoms with Crippen molar-refractivity contribution in [2.24, 2.45) is 10.9 Å². The highest BCUT2D eigenvalue weighted by Gasteiger charge is 2.16. The van der Waals surface area contributed by atoms with Crippen LogP contribution in [0.2, 0.25) is 0 Å². The lowest BCUT2D eigenvalue weighted by molar-refractivity contribution is 0.318. The molecule has 0 aliphatic heterocycles. The Bertz CT molecular complexity index is 623.